The molecule has 25 heavy (non-hydrogen) atoms. The minimum atomic E-state index is -2.05. The number of rotatable bonds is 3. The molecule has 0 nitrogen and oxygen atoms in total. The van der Waals surface area contributed by atoms with Gasteiger partial charge in [0.15, 0.2) is 0 Å². The van der Waals surface area contributed by atoms with Crippen LogP contribution in [0.3, 0.4) is 0 Å². The zero-order chi connectivity index (χ0) is 15.4. The molecule has 0 aromatic carbocycles. The fraction of sp³-hybridized carbons (Fsp3) is 0.636. The van der Waals surface area contributed by atoms with E-state index in [-0.39, 0.29) is 24.8 Å². The van der Waals surface area contributed by atoms with Gasteiger partial charge in [0.25, 0.3) is 0 Å². The van der Waals surface area contributed by atoms with Crippen molar-refractivity contribution in [3.05, 3.63) is 45.3 Å². The summed E-state index contributed by atoms with van der Waals surface area (Å²) in [5.41, 5.74) is 1.78. The summed E-state index contributed by atoms with van der Waals surface area (Å²) in [4.78, 5) is 0. The van der Waals surface area contributed by atoms with E-state index in [1.54, 1.807) is 20.3 Å². The van der Waals surface area contributed by atoms with Crippen molar-refractivity contribution >= 4 is 0 Å². The fourth-order valence-electron chi connectivity index (χ4n) is 6.98. The van der Waals surface area contributed by atoms with E-state index in [1.165, 1.54) is 32.1 Å². The quantitative estimate of drug-likeness (QED) is 0.583. The normalized spacial score (nSPS) is 38.2. The Labute approximate surface area is 170 Å². The van der Waals surface area contributed by atoms with Crippen molar-refractivity contribution in [3.8, 4) is 0 Å². The third-order valence-corrected chi connectivity index (χ3v) is 21.2. The Balaban J connectivity index is 0.000000911. The molecule has 0 radical (unpaired) electrons. The summed E-state index contributed by atoms with van der Waals surface area (Å²) in [6, 6.07) is 0. The van der Waals surface area contributed by atoms with E-state index >= 15 is 0 Å². The molecular formula is C22H30Cl2Zr. The van der Waals surface area contributed by atoms with Gasteiger partial charge in [0.1, 0.15) is 0 Å². The summed E-state index contributed by atoms with van der Waals surface area (Å²) in [6.45, 7) is 2.39. The Morgan fingerprint density at radius 3 is 2.32 bits per heavy atom. The van der Waals surface area contributed by atoms with Crippen molar-refractivity contribution in [3.63, 3.8) is 0 Å². The van der Waals surface area contributed by atoms with Crippen molar-refractivity contribution in [2.45, 2.75) is 57.3 Å². The molecule has 2 saturated carbocycles. The molecule has 1 heterocycles. The molecule has 5 atom stereocenters. The molecule has 0 bridgehead atoms. The van der Waals surface area contributed by atoms with Crippen LogP contribution in [0.2, 0.25) is 11.9 Å². The zero-order valence-electron chi connectivity index (χ0n) is 15.3. The van der Waals surface area contributed by atoms with Gasteiger partial charge in [-0.3, -0.25) is 0 Å². The Morgan fingerprint density at radius 1 is 0.960 bits per heavy atom. The predicted octanol–water partition coefficient (Wildman–Crippen LogP) is 0.589. The van der Waals surface area contributed by atoms with E-state index in [0.717, 1.165) is 27.3 Å². The summed E-state index contributed by atoms with van der Waals surface area (Å²) in [5, 5.41) is 0. The summed E-state index contributed by atoms with van der Waals surface area (Å²) in [6.07, 6.45) is 23.7. The van der Waals surface area contributed by atoms with Crippen LogP contribution in [0, 0.1) is 23.7 Å². The standard InChI is InChI=1S/C13H17.C7H9.C2H4.2ClH.Zr/c1-3-7-12-10(5-1)9-11-6-2-4-8-13(11)12;1-2-7-5-3-4-6-7;1-2;;;/h1,3,5,7,9-13H,2,4,6,8H2;3,5H,2,4H2,1H3;1-2H2;2*1H;/q;;;;;+2/p-2. The Morgan fingerprint density at radius 2 is 1.64 bits per heavy atom. The third kappa shape index (κ3) is 3.05. The third-order valence-electron chi connectivity index (χ3n) is 7.90. The molecule has 136 valence electrons. The second kappa shape index (κ2) is 7.81. The molecule has 1 aliphatic heterocycles. The number of fused-ring (bicyclic) bond motifs is 3. The van der Waals surface area contributed by atoms with E-state index in [2.05, 4.69) is 46.7 Å². The fourth-order valence-corrected chi connectivity index (χ4v) is 24.8. The molecule has 0 aromatic rings. The van der Waals surface area contributed by atoms with Gasteiger partial charge in [-0.25, -0.2) is 0 Å². The summed E-state index contributed by atoms with van der Waals surface area (Å²) >= 11 is -2.05. The molecular weight excluding hydrogens is 426 g/mol. The molecule has 1 saturated heterocycles. The molecule has 5 unspecified atom stereocenters. The van der Waals surface area contributed by atoms with Gasteiger partial charge in [0.05, 0.1) is 0 Å². The Hall–Kier alpha value is 0.423. The Bertz CT molecular complexity index is 626. The van der Waals surface area contributed by atoms with Gasteiger partial charge in [0.2, 0.25) is 0 Å². The van der Waals surface area contributed by atoms with Gasteiger partial charge >= 0.3 is 147 Å². The maximum atomic E-state index is 2.65. The number of hydrogen-bond acceptors (Lipinski definition) is 0. The molecule has 4 aliphatic carbocycles. The minimum Gasteiger partial charge on any atom is -1.00 e. The largest absolute Gasteiger partial charge is 1.00 e. The van der Waals surface area contributed by atoms with Gasteiger partial charge < -0.3 is 24.8 Å². The topological polar surface area (TPSA) is 0 Å². The zero-order valence-corrected chi connectivity index (χ0v) is 19.2. The van der Waals surface area contributed by atoms with Crippen molar-refractivity contribution in [1.82, 2.24) is 0 Å². The first-order chi connectivity index (χ1) is 11.3. The minimum absolute atomic E-state index is 0. The summed E-state index contributed by atoms with van der Waals surface area (Å²) < 4.78 is 6.59. The number of allylic oxidation sites excluding steroid dienone is 8. The van der Waals surface area contributed by atoms with Crippen LogP contribution < -0.4 is 24.8 Å². The smallest absolute Gasteiger partial charge is 1.00 e. The first kappa shape index (κ1) is 20.2. The van der Waals surface area contributed by atoms with Gasteiger partial charge in [0, 0.05) is 0 Å². The predicted molar refractivity (Wildman–Crippen MR) is 95.1 cm³/mol. The van der Waals surface area contributed by atoms with Crippen molar-refractivity contribution < 1.29 is 45.1 Å². The van der Waals surface area contributed by atoms with Crippen molar-refractivity contribution in [2.75, 3.05) is 0 Å². The van der Waals surface area contributed by atoms with E-state index < -0.39 is 20.3 Å². The molecule has 0 amide bonds. The maximum Gasteiger partial charge on any atom is -1.00 e. The molecule has 5 aliphatic rings. The van der Waals surface area contributed by atoms with Gasteiger partial charge in [-0.05, 0) is 0 Å². The first-order valence-corrected chi connectivity index (χ1v) is 16.2. The SMILES string of the molecule is CCC1=[C]([Zr+2]2([CH]3C4C=CC=CC4C4CCCCC43)[CH2][CH2]2)CC=C1.[Cl-].[Cl-]. The van der Waals surface area contributed by atoms with Crippen LogP contribution in [-0.4, -0.2) is 0 Å². The van der Waals surface area contributed by atoms with E-state index in [4.69, 9.17) is 0 Å². The van der Waals surface area contributed by atoms with E-state index in [9.17, 15) is 0 Å². The average molecular weight is 457 g/mol. The summed E-state index contributed by atoms with van der Waals surface area (Å²) in [5.74, 6) is 3.96. The van der Waals surface area contributed by atoms with Gasteiger partial charge in [-0.15, -0.1) is 0 Å². The van der Waals surface area contributed by atoms with Crippen LogP contribution in [0.15, 0.2) is 45.3 Å². The van der Waals surface area contributed by atoms with Crippen LogP contribution in [0.4, 0.5) is 0 Å². The Kier molecular flexibility index (Phi) is 6.30. The van der Waals surface area contributed by atoms with Crippen LogP contribution in [0.1, 0.15) is 45.4 Å². The number of hydrogen-bond donors (Lipinski definition) is 0. The average Bonchev–Trinajstić information content (AvgIpc) is 3.11. The van der Waals surface area contributed by atoms with Crippen LogP contribution >= 0.6 is 0 Å². The van der Waals surface area contributed by atoms with Crippen molar-refractivity contribution in [2.24, 2.45) is 23.7 Å². The van der Waals surface area contributed by atoms with E-state index in [1.807, 2.05) is 0 Å². The molecule has 3 fully saturated rings. The van der Waals surface area contributed by atoms with Gasteiger partial charge in [-0.1, -0.05) is 0 Å². The number of halogens is 2. The monoisotopic (exact) mass is 454 g/mol. The van der Waals surface area contributed by atoms with Crippen LogP contribution in [-0.2, 0) is 20.3 Å². The second-order valence-electron chi connectivity index (χ2n) is 8.68. The molecule has 5 rings (SSSR count). The maximum absolute atomic E-state index is 2.65. The summed E-state index contributed by atoms with van der Waals surface area (Å²) in [7, 11) is 0. The second-order valence-corrected chi connectivity index (χ2v) is 19.9. The molecule has 3 heteroatoms. The van der Waals surface area contributed by atoms with Crippen LogP contribution in [0.5, 0.6) is 0 Å². The molecule has 0 spiro atoms. The molecule has 0 aromatic heterocycles. The molecule has 0 N–H and O–H groups in total. The van der Waals surface area contributed by atoms with Crippen molar-refractivity contribution in [1.29, 1.82) is 0 Å². The first-order valence-electron chi connectivity index (χ1n) is 10.1. The van der Waals surface area contributed by atoms with Crippen LogP contribution in [0.25, 0.3) is 0 Å². The van der Waals surface area contributed by atoms with Gasteiger partial charge in [-0.2, -0.15) is 0 Å². The van der Waals surface area contributed by atoms with E-state index in [0.29, 0.717) is 0 Å².